The van der Waals surface area contributed by atoms with E-state index in [1.807, 2.05) is 13.8 Å². The molecular formula is C11H21NO3. The van der Waals surface area contributed by atoms with Gasteiger partial charge in [-0.3, -0.25) is 9.63 Å². The monoisotopic (exact) mass is 215 g/mol. The molecule has 0 radical (unpaired) electrons. The van der Waals surface area contributed by atoms with E-state index in [0.717, 1.165) is 12.8 Å². The van der Waals surface area contributed by atoms with Crippen LogP contribution in [-0.2, 0) is 14.4 Å². The Morgan fingerprint density at radius 1 is 1.33 bits per heavy atom. The van der Waals surface area contributed by atoms with Crippen LogP contribution in [0.1, 0.15) is 39.5 Å². The largest absolute Gasteiger partial charge is 0.469 e. The minimum Gasteiger partial charge on any atom is -0.469 e. The number of hydrogen-bond acceptors (Lipinski definition) is 4. The standard InChI is InChI=1S/C11H21NO3/c1-8(11(13)14-3)9(2)12-15-10-6-4-5-7-10/h8-10,12H,4-7H2,1-3H3. The lowest BCUT2D eigenvalue weighted by molar-refractivity contribution is -0.148. The molecule has 15 heavy (non-hydrogen) atoms. The number of hydrogen-bond donors (Lipinski definition) is 1. The molecule has 0 aromatic heterocycles. The predicted molar refractivity (Wildman–Crippen MR) is 57.1 cm³/mol. The Morgan fingerprint density at radius 3 is 2.47 bits per heavy atom. The first-order chi connectivity index (χ1) is 7.15. The van der Waals surface area contributed by atoms with E-state index in [1.165, 1.54) is 20.0 Å². The lowest BCUT2D eigenvalue weighted by atomic mass is 10.1. The smallest absolute Gasteiger partial charge is 0.310 e. The summed E-state index contributed by atoms with van der Waals surface area (Å²) in [7, 11) is 1.41. The topological polar surface area (TPSA) is 47.6 Å². The molecule has 1 N–H and O–H groups in total. The van der Waals surface area contributed by atoms with E-state index < -0.39 is 0 Å². The fraction of sp³-hybridized carbons (Fsp3) is 0.909. The van der Waals surface area contributed by atoms with Gasteiger partial charge in [-0.1, -0.05) is 19.8 Å². The van der Waals surface area contributed by atoms with Gasteiger partial charge in [0.15, 0.2) is 0 Å². The molecular weight excluding hydrogens is 194 g/mol. The van der Waals surface area contributed by atoms with Crippen LogP contribution in [0.2, 0.25) is 0 Å². The maximum Gasteiger partial charge on any atom is 0.310 e. The average Bonchev–Trinajstić information content (AvgIpc) is 2.76. The molecule has 0 aromatic rings. The van der Waals surface area contributed by atoms with Gasteiger partial charge in [-0.25, -0.2) is 0 Å². The molecule has 88 valence electrons. The van der Waals surface area contributed by atoms with Gasteiger partial charge < -0.3 is 4.74 Å². The van der Waals surface area contributed by atoms with Crippen molar-refractivity contribution in [3.63, 3.8) is 0 Å². The minimum absolute atomic E-state index is 0.0157. The number of hydroxylamine groups is 1. The van der Waals surface area contributed by atoms with Crippen LogP contribution >= 0.6 is 0 Å². The molecule has 0 saturated heterocycles. The summed E-state index contributed by atoms with van der Waals surface area (Å²) in [5.41, 5.74) is 2.94. The summed E-state index contributed by atoms with van der Waals surface area (Å²) in [6.07, 6.45) is 5.04. The van der Waals surface area contributed by atoms with Crippen molar-refractivity contribution >= 4 is 5.97 Å². The molecule has 1 aliphatic carbocycles. The zero-order valence-electron chi connectivity index (χ0n) is 9.79. The summed E-state index contributed by atoms with van der Waals surface area (Å²) in [6.45, 7) is 3.76. The van der Waals surface area contributed by atoms with Crippen molar-refractivity contribution < 1.29 is 14.4 Å². The van der Waals surface area contributed by atoms with Gasteiger partial charge in [0, 0.05) is 6.04 Å². The highest BCUT2D eigenvalue weighted by Crippen LogP contribution is 2.20. The van der Waals surface area contributed by atoms with E-state index in [9.17, 15) is 4.79 Å². The molecule has 0 aromatic carbocycles. The first-order valence-corrected chi connectivity index (χ1v) is 5.64. The number of methoxy groups -OCH3 is 1. The molecule has 4 nitrogen and oxygen atoms in total. The van der Waals surface area contributed by atoms with Gasteiger partial charge in [0.2, 0.25) is 0 Å². The van der Waals surface area contributed by atoms with Crippen LogP contribution in [0, 0.1) is 5.92 Å². The Kier molecular flexibility index (Phi) is 5.05. The van der Waals surface area contributed by atoms with Crippen molar-refractivity contribution in [2.24, 2.45) is 5.92 Å². The van der Waals surface area contributed by atoms with Crippen LogP contribution in [-0.4, -0.2) is 25.2 Å². The first kappa shape index (κ1) is 12.5. The van der Waals surface area contributed by atoms with Gasteiger partial charge in [0.1, 0.15) is 0 Å². The van der Waals surface area contributed by atoms with Crippen LogP contribution < -0.4 is 5.48 Å². The highest BCUT2D eigenvalue weighted by Gasteiger charge is 2.23. The highest BCUT2D eigenvalue weighted by molar-refractivity contribution is 5.72. The molecule has 0 amide bonds. The van der Waals surface area contributed by atoms with E-state index in [2.05, 4.69) is 10.2 Å². The zero-order chi connectivity index (χ0) is 11.3. The number of carbonyl (C=O) groups is 1. The maximum absolute atomic E-state index is 11.2. The summed E-state index contributed by atoms with van der Waals surface area (Å²) < 4.78 is 4.67. The summed E-state index contributed by atoms with van der Waals surface area (Å²) in [5.74, 6) is -0.388. The van der Waals surface area contributed by atoms with Crippen molar-refractivity contribution in [2.75, 3.05) is 7.11 Å². The highest BCUT2D eigenvalue weighted by atomic mass is 16.7. The SMILES string of the molecule is COC(=O)C(C)C(C)NOC1CCCC1. The second-order valence-electron chi connectivity index (χ2n) is 4.24. The molecule has 1 fully saturated rings. The third kappa shape index (κ3) is 3.80. The molecule has 1 saturated carbocycles. The predicted octanol–water partition coefficient (Wildman–Crippen LogP) is 1.65. The molecule has 0 spiro atoms. The first-order valence-electron chi connectivity index (χ1n) is 5.64. The fourth-order valence-electron chi connectivity index (χ4n) is 1.70. The summed E-state index contributed by atoms with van der Waals surface area (Å²) in [4.78, 5) is 16.8. The van der Waals surface area contributed by atoms with Gasteiger partial charge in [0.25, 0.3) is 0 Å². The number of ether oxygens (including phenoxy) is 1. The van der Waals surface area contributed by atoms with Crippen molar-refractivity contribution in [1.82, 2.24) is 5.48 Å². The van der Waals surface area contributed by atoms with Gasteiger partial charge >= 0.3 is 5.97 Å². The van der Waals surface area contributed by atoms with E-state index in [4.69, 9.17) is 4.84 Å². The Bertz CT molecular complexity index is 202. The van der Waals surface area contributed by atoms with Gasteiger partial charge in [0.05, 0.1) is 19.1 Å². The average molecular weight is 215 g/mol. The van der Waals surface area contributed by atoms with Crippen molar-refractivity contribution in [3.05, 3.63) is 0 Å². The molecule has 0 aliphatic heterocycles. The number of carbonyl (C=O) groups excluding carboxylic acids is 1. The lowest BCUT2D eigenvalue weighted by Crippen LogP contribution is -2.38. The third-order valence-corrected chi connectivity index (χ3v) is 3.05. The molecule has 1 rings (SSSR count). The normalized spacial score (nSPS) is 21.3. The minimum atomic E-state index is -0.204. The second-order valence-corrected chi connectivity index (χ2v) is 4.24. The summed E-state index contributed by atoms with van der Waals surface area (Å²) in [5, 5.41) is 0. The van der Waals surface area contributed by atoms with Gasteiger partial charge in [-0.15, -0.1) is 0 Å². The Labute approximate surface area is 91.3 Å². The van der Waals surface area contributed by atoms with E-state index in [0.29, 0.717) is 6.10 Å². The molecule has 2 atom stereocenters. The lowest BCUT2D eigenvalue weighted by Gasteiger charge is -2.21. The molecule has 4 heteroatoms. The second kappa shape index (κ2) is 6.08. The third-order valence-electron chi connectivity index (χ3n) is 3.05. The van der Waals surface area contributed by atoms with E-state index in [-0.39, 0.29) is 17.9 Å². The van der Waals surface area contributed by atoms with Crippen molar-refractivity contribution in [3.8, 4) is 0 Å². The van der Waals surface area contributed by atoms with Gasteiger partial charge in [-0.05, 0) is 19.8 Å². The number of esters is 1. The molecule has 0 heterocycles. The fourth-order valence-corrected chi connectivity index (χ4v) is 1.70. The quantitative estimate of drug-likeness (QED) is 0.559. The Morgan fingerprint density at radius 2 is 1.93 bits per heavy atom. The van der Waals surface area contributed by atoms with Crippen LogP contribution in [0.15, 0.2) is 0 Å². The van der Waals surface area contributed by atoms with Gasteiger partial charge in [-0.2, -0.15) is 5.48 Å². The van der Waals surface area contributed by atoms with Crippen LogP contribution in [0.25, 0.3) is 0 Å². The van der Waals surface area contributed by atoms with Crippen LogP contribution in [0.4, 0.5) is 0 Å². The zero-order valence-corrected chi connectivity index (χ0v) is 9.79. The van der Waals surface area contributed by atoms with Crippen molar-refractivity contribution in [2.45, 2.75) is 51.7 Å². The van der Waals surface area contributed by atoms with E-state index >= 15 is 0 Å². The maximum atomic E-state index is 11.2. The van der Waals surface area contributed by atoms with Crippen molar-refractivity contribution in [1.29, 1.82) is 0 Å². The molecule has 1 aliphatic rings. The number of rotatable bonds is 5. The summed E-state index contributed by atoms with van der Waals surface area (Å²) in [6, 6.07) is -0.0157. The molecule has 0 bridgehead atoms. The van der Waals surface area contributed by atoms with E-state index in [1.54, 1.807) is 0 Å². The molecule has 2 unspecified atom stereocenters. The Balaban J connectivity index is 2.22. The Hall–Kier alpha value is -0.610. The van der Waals surface area contributed by atoms with Crippen LogP contribution in [0.5, 0.6) is 0 Å². The number of nitrogens with one attached hydrogen (secondary N) is 1. The van der Waals surface area contributed by atoms with Crippen LogP contribution in [0.3, 0.4) is 0 Å². The summed E-state index contributed by atoms with van der Waals surface area (Å²) >= 11 is 0.